The van der Waals surface area contributed by atoms with Crippen molar-refractivity contribution in [3.8, 4) is 0 Å². The van der Waals surface area contributed by atoms with Crippen molar-refractivity contribution in [1.82, 2.24) is 0 Å². The molecule has 0 aromatic heterocycles. The molecule has 0 radical (unpaired) electrons. The first-order valence-corrected chi connectivity index (χ1v) is 4.80. The lowest BCUT2D eigenvalue weighted by atomic mass is 9.81. The molecule has 0 spiro atoms. The smallest absolute Gasteiger partial charge is 0.184 e. The van der Waals surface area contributed by atoms with E-state index in [0.29, 0.717) is 6.42 Å². The first-order chi connectivity index (χ1) is 5.82. The molecule has 0 bridgehead atoms. The van der Waals surface area contributed by atoms with E-state index in [2.05, 4.69) is 6.92 Å². The van der Waals surface area contributed by atoms with Gasteiger partial charge in [-0.15, -0.1) is 0 Å². The van der Waals surface area contributed by atoms with Crippen molar-refractivity contribution < 1.29 is 9.53 Å². The van der Waals surface area contributed by atoms with Gasteiger partial charge in [-0.3, -0.25) is 4.79 Å². The van der Waals surface area contributed by atoms with Crippen LogP contribution >= 0.6 is 0 Å². The van der Waals surface area contributed by atoms with Crippen LogP contribution in [0.4, 0.5) is 0 Å². The average molecular weight is 185 g/mol. The van der Waals surface area contributed by atoms with Crippen LogP contribution in [-0.4, -0.2) is 18.0 Å². The van der Waals surface area contributed by atoms with Gasteiger partial charge in [0.15, 0.2) is 5.78 Å². The molecule has 0 aromatic rings. The molecule has 2 nitrogen and oxygen atoms in total. The summed E-state index contributed by atoms with van der Waals surface area (Å²) in [5.41, 5.74) is -0.425. The predicted octanol–water partition coefficient (Wildman–Crippen LogP) is 2.62. The van der Waals surface area contributed by atoms with E-state index in [9.17, 15) is 4.79 Å². The molecule has 1 unspecified atom stereocenters. The second kappa shape index (κ2) is 4.66. The van der Waals surface area contributed by atoms with Gasteiger partial charge in [0.25, 0.3) is 0 Å². The topological polar surface area (TPSA) is 26.3 Å². The zero-order chi connectivity index (χ0) is 10.6. The van der Waals surface area contributed by atoms with Gasteiger partial charge < -0.3 is 4.74 Å². The molecule has 0 rings (SSSR count). The van der Waals surface area contributed by atoms with Gasteiger partial charge in [0.2, 0.25) is 0 Å². The number of carbonyl (C=O) groups excluding carboxylic acids is 1. The fourth-order valence-corrected chi connectivity index (χ4v) is 1.13. The van der Waals surface area contributed by atoms with E-state index in [1.54, 1.807) is 0 Å². The van der Waals surface area contributed by atoms with Gasteiger partial charge in [-0.25, -0.2) is 0 Å². The number of hydrogen-bond acceptors (Lipinski definition) is 2. The maximum Gasteiger partial charge on any atom is 0.184 e. The molecule has 76 valence electrons. The Morgan fingerprint density at radius 1 is 1.38 bits per heavy atom. The number of ether oxygens (including phenoxy) is 1. The van der Waals surface area contributed by atoms with Crippen molar-refractivity contribution in [2.45, 2.75) is 53.2 Å². The third kappa shape index (κ3) is 3.39. The van der Waals surface area contributed by atoms with Crippen LogP contribution in [0.1, 0.15) is 41.0 Å². The maximum absolute atomic E-state index is 11.5. The summed E-state index contributed by atoms with van der Waals surface area (Å²) in [6, 6.07) is 0. The zero-order valence-electron chi connectivity index (χ0n) is 9.39. The fraction of sp³-hybridized carbons (Fsp3) is 0.818. The van der Waals surface area contributed by atoms with Crippen LogP contribution in [-0.2, 0) is 9.53 Å². The monoisotopic (exact) mass is 185 g/mol. The Labute approximate surface area is 81.7 Å². The zero-order valence-corrected chi connectivity index (χ0v) is 9.39. The summed E-state index contributed by atoms with van der Waals surface area (Å²) in [6.45, 7) is 13.3. The highest BCUT2D eigenvalue weighted by molar-refractivity contribution is 5.85. The lowest BCUT2D eigenvalue weighted by Gasteiger charge is -2.30. The van der Waals surface area contributed by atoms with Gasteiger partial charge in [-0.05, 0) is 20.8 Å². The van der Waals surface area contributed by atoms with Gasteiger partial charge in [0.1, 0.15) is 6.42 Å². The van der Waals surface area contributed by atoms with Gasteiger partial charge in [0.05, 0.1) is 24.5 Å². The predicted molar refractivity (Wildman–Crippen MR) is 54.4 cm³/mol. The van der Waals surface area contributed by atoms with Crippen molar-refractivity contribution in [2.24, 2.45) is 5.41 Å². The van der Waals surface area contributed by atoms with Gasteiger partial charge in [0, 0.05) is 0 Å². The molecule has 2 heteroatoms. The lowest BCUT2D eigenvalue weighted by Crippen LogP contribution is -2.38. The molecule has 0 fully saturated rings. The number of carbonyl (C=O) groups is 1. The van der Waals surface area contributed by atoms with E-state index in [1.807, 2.05) is 34.6 Å². The van der Waals surface area contributed by atoms with Crippen LogP contribution < -0.4 is 0 Å². The van der Waals surface area contributed by atoms with Gasteiger partial charge in [-0.2, -0.15) is 0 Å². The van der Waals surface area contributed by atoms with E-state index in [0.717, 1.165) is 0 Å². The fourth-order valence-electron chi connectivity index (χ4n) is 1.13. The van der Waals surface area contributed by atoms with Crippen LogP contribution in [0.5, 0.6) is 0 Å². The molecule has 0 N–H and O–H groups in total. The Balaban J connectivity index is 4.35. The van der Waals surface area contributed by atoms with Crippen LogP contribution in [0.2, 0.25) is 0 Å². The summed E-state index contributed by atoms with van der Waals surface area (Å²) in [5, 5.41) is 0. The second-order valence-electron chi connectivity index (χ2n) is 4.22. The third-order valence-electron chi connectivity index (χ3n) is 2.44. The number of ketones is 1. The lowest BCUT2D eigenvalue weighted by molar-refractivity contribution is -0.136. The van der Waals surface area contributed by atoms with Crippen molar-refractivity contribution in [3.63, 3.8) is 0 Å². The van der Waals surface area contributed by atoms with Crippen molar-refractivity contribution in [2.75, 3.05) is 0 Å². The quantitative estimate of drug-likeness (QED) is 0.615. The molecular weight excluding hydrogens is 164 g/mol. The molecule has 0 saturated carbocycles. The molecule has 0 amide bonds. The first-order valence-electron chi connectivity index (χ1n) is 4.80. The average Bonchev–Trinajstić information content (AvgIpc) is 2.01. The van der Waals surface area contributed by atoms with Crippen LogP contribution in [0.15, 0.2) is 0 Å². The highest BCUT2D eigenvalue weighted by atomic mass is 16.5. The Bertz CT molecular complexity index is 171. The summed E-state index contributed by atoms with van der Waals surface area (Å²) in [7, 11) is 0. The van der Waals surface area contributed by atoms with E-state index in [1.165, 1.54) is 0 Å². The summed E-state index contributed by atoms with van der Waals surface area (Å²) in [6.07, 6.45) is 0.437. The minimum absolute atomic E-state index is 0.0539. The molecule has 1 atom stereocenters. The van der Waals surface area contributed by atoms with Crippen molar-refractivity contribution in [3.05, 3.63) is 6.92 Å². The Kier molecular flexibility index (Phi) is 4.48. The van der Waals surface area contributed by atoms with Crippen LogP contribution in [0.3, 0.4) is 0 Å². The summed E-state index contributed by atoms with van der Waals surface area (Å²) < 4.78 is 5.59. The summed E-state index contributed by atoms with van der Waals surface area (Å²) in [5.74, 6) is 0.153. The van der Waals surface area contributed by atoms with Gasteiger partial charge in [-0.1, -0.05) is 13.8 Å². The Morgan fingerprint density at radius 3 is 2.15 bits per heavy atom. The summed E-state index contributed by atoms with van der Waals surface area (Å²) in [4.78, 5) is 11.5. The highest BCUT2D eigenvalue weighted by Gasteiger charge is 2.35. The summed E-state index contributed by atoms with van der Waals surface area (Å²) >= 11 is 0. The number of hydrogen-bond donors (Lipinski definition) is 0. The van der Waals surface area contributed by atoms with E-state index in [-0.39, 0.29) is 18.0 Å². The molecule has 13 heavy (non-hydrogen) atoms. The number of rotatable bonds is 5. The van der Waals surface area contributed by atoms with E-state index < -0.39 is 5.41 Å². The SMILES string of the molecule is [CH2+]CC(=O)C(C)(C)C(C)OC(C)C. The van der Waals surface area contributed by atoms with E-state index in [4.69, 9.17) is 4.74 Å². The second-order valence-corrected chi connectivity index (χ2v) is 4.22. The Hall–Kier alpha value is -0.500. The first kappa shape index (κ1) is 12.5. The van der Waals surface area contributed by atoms with Crippen LogP contribution in [0, 0.1) is 12.3 Å². The molecule has 0 aliphatic rings. The van der Waals surface area contributed by atoms with Crippen LogP contribution in [0.25, 0.3) is 0 Å². The van der Waals surface area contributed by atoms with Crippen molar-refractivity contribution in [1.29, 1.82) is 0 Å². The van der Waals surface area contributed by atoms with Gasteiger partial charge >= 0.3 is 0 Å². The highest BCUT2D eigenvalue weighted by Crippen LogP contribution is 2.26. The minimum atomic E-state index is -0.425. The Morgan fingerprint density at radius 2 is 1.85 bits per heavy atom. The molecule has 0 heterocycles. The molecule has 0 aliphatic carbocycles. The minimum Gasteiger partial charge on any atom is -0.375 e. The number of Topliss-reactive ketones (excluding diaryl/α,β-unsaturated/α-hetero) is 1. The maximum atomic E-state index is 11.5. The largest absolute Gasteiger partial charge is 0.375 e. The molecule has 0 aromatic carbocycles. The third-order valence-corrected chi connectivity index (χ3v) is 2.44. The van der Waals surface area contributed by atoms with Crippen molar-refractivity contribution >= 4 is 5.78 Å². The standard InChI is InChI=1S/C11H21O2/c1-7-10(12)11(5,6)9(4)13-8(2)3/h8-9H,1,7H2,2-6H3/q+1. The molecule has 0 aliphatic heterocycles. The molecular formula is C11H21O2+. The normalized spacial score (nSPS) is 14.6. The van der Waals surface area contributed by atoms with E-state index >= 15 is 0 Å². The molecule has 0 saturated heterocycles.